The maximum Gasteiger partial charge on any atom is 0.331 e. The second-order valence-corrected chi connectivity index (χ2v) is 2.75. The summed E-state index contributed by atoms with van der Waals surface area (Å²) in [6.07, 6.45) is 2.94. The summed E-state index contributed by atoms with van der Waals surface area (Å²) in [7, 11) is 0. The average molecular weight is 153 g/mol. The number of carboxylic acid groups (broad SMARTS) is 1. The van der Waals surface area contributed by atoms with Crippen LogP contribution in [0.25, 0.3) is 0 Å². The van der Waals surface area contributed by atoms with Gasteiger partial charge >= 0.3 is 5.97 Å². The molecule has 0 aliphatic carbocycles. The largest absolute Gasteiger partial charge is 0.479 e. The highest BCUT2D eigenvalue weighted by atomic mass is 16.4. The third kappa shape index (κ3) is 1.24. The van der Waals surface area contributed by atoms with E-state index in [9.17, 15) is 4.79 Å². The Bertz CT molecular complexity index is 251. The van der Waals surface area contributed by atoms with E-state index in [-0.39, 0.29) is 0 Å². The molecule has 4 heteroatoms. The van der Waals surface area contributed by atoms with Gasteiger partial charge in [0.05, 0.1) is 6.20 Å². The molecule has 1 N–H and O–H groups in total. The Morgan fingerprint density at radius 3 is 2.73 bits per heavy atom. The minimum Gasteiger partial charge on any atom is -0.479 e. The van der Waals surface area contributed by atoms with Gasteiger partial charge in [0.15, 0.2) is 5.54 Å². The normalized spacial score (nSPS) is 11.5. The third-order valence-corrected chi connectivity index (χ3v) is 1.55. The quantitative estimate of drug-likeness (QED) is 0.673. The number of nitrogens with zero attached hydrogens (tertiary/aromatic N) is 2. The maximum atomic E-state index is 10.6. The van der Waals surface area contributed by atoms with Crippen molar-refractivity contribution in [2.24, 2.45) is 0 Å². The van der Waals surface area contributed by atoms with E-state index in [2.05, 4.69) is 11.2 Å². The Balaban J connectivity index is 3.00. The summed E-state index contributed by atoms with van der Waals surface area (Å²) < 4.78 is 1.36. The molecule has 0 bridgehead atoms. The number of carbonyl (C=O) groups is 1. The van der Waals surface area contributed by atoms with Gasteiger partial charge in [-0.15, -0.1) is 0 Å². The molecule has 4 nitrogen and oxygen atoms in total. The van der Waals surface area contributed by atoms with Crippen molar-refractivity contribution in [2.45, 2.75) is 19.4 Å². The van der Waals surface area contributed by atoms with Crippen molar-refractivity contribution in [3.63, 3.8) is 0 Å². The first-order chi connectivity index (χ1) is 5.05. The summed E-state index contributed by atoms with van der Waals surface area (Å²) in [6.45, 7) is 3.16. The van der Waals surface area contributed by atoms with E-state index in [0.29, 0.717) is 0 Å². The van der Waals surface area contributed by atoms with E-state index in [1.165, 1.54) is 17.1 Å². The fraction of sp³-hybridized carbons (Fsp3) is 0.429. The van der Waals surface area contributed by atoms with E-state index in [0.717, 1.165) is 0 Å². The second kappa shape index (κ2) is 2.38. The first-order valence-electron chi connectivity index (χ1n) is 3.20. The summed E-state index contributed by atoms with van der Waals surface area (Å²) >= 11 is 0. The number of hydrogen-bond acceptors (Lipinski definition) is 2. The molecule has 1 radical (unpaired) electrons. The molecule has 11 heavy (non-hydrogen) atoms. The highest BCUT2D eigenvalue weighted by molar-refractivity contribution is 5.75. The summed E-state index contributed by atoms with van der Waals surface area (Å²) in [5.41, 5.74) is -0.986. The minimum absolute atomic E-state index is 0.908. The molecular weight excluding hydrogens is 144 g/mol. The van der Waals surface area contributed by atoms with Gasteiger partial charge in [-0.05, 0) is 13.8 Å². The Morgan fingerprint density at radius 1 is 1.73 bits per heavy atom. The zero-order valence-corrected chi connectivity index (χ0v) is 6.40. The molecule has 0 fully saturated rings. The Morgan fingerprint density at radius 2 is 2.36 bits per heavy atom. The fourth-order valence-corrected chi connectivity index (χ4v) is 0.637. The average Bonchev–Trinajstić information content (AvgIpc) is 2.37. The summed E-state index contributed by atoms with van der Waals surface area (Å²) in [5, 5.41) is 12.5. The Hall–Kier alpha value is -1.32. The van der Waals surface area contributed by atoms with Crippen molar-refractivity contribution in [2.75, 3.05) is 0 Å². The molecule has 0 aromatic carbocycles. The van der Waals surface area contributed by atoms with Gasteiger partial charge in [0.2, 0.25) is 0 Å². The monoisotopic (exact) mass is 153 g/mol. The van der Waals surface area contributed by atoms with Crippen LogP contribution in [0.1, 0.15) is 13.8 Å². The maximum absolute atomic E-state index is 10.6. The highest BCUT2D eigenvalue weighted by Gasteiger charge is 2.29. The lowest BCUT2D eigenvalue weighted by atomic mass is 10.1. The standard InChI is InChI=1S/C7H9N2O2/c1-7(2,6(10)11)9-5-3-4-8-9/h4-5H,1-2H3,(H,10,11). The third-order valence-electron chi connectivity index (χ3n) is 1.55. The van der Waals surface area contributed by atoms with Gasteiger partial charge in [0.25, 0.3) is 0 Å². The van der Waals surface area contributed by atoms with Crippen LogP contribution in [-0.4, -0.2) is 20.9 Å². The summed E-state index contributed by atoms with van der Waals surface area (Å²) in [5.74, 6) is -0.908. The predicted octanol–water partition coefficient (Wildman–Crippen LogP) is 0.503. The SMILES string of the molecule is CC(C)(C(=O)O)n1c[c]cn1. The van der Waals surface area contributed by atoms with Gasteiger partial charge in [0, 0.05) is 12.3 Å². The van der Waals surface area contributed by atoms with Crippen LogP contribution in [0.4, 0.5) is 0 Å². The first kappa shape index (κ1) is 7.78. The highest BCUT2D eigenvalue weighted by Crippen LogP contribution is 2.12. The molecule has 0 aliphatic heterocycles. The topological polar surface area (TPSA) is 55.1 Å². The van der Waals surface area contributed by atoms with Crippen LogP contribution in [0.15, 0.2) is 12.4 Å². The van der Waals surface area contributed by atoms with Crippen LogP contribution in [0, 0.1) is 6.07 Å². The van der Waals surface area contributed by atoms with Gasteiger partial charge in [-0.2, -0.15) is 5.10 Å². The van der Waals surface area contributed by atoms with Crippen molar-refractivity contribution in [1.29, 1.82) is 0 Å². The molecule has 0 amide bonds. The zero-order valence-electron chi connectivity index (χ0n) is 6.40. The molecule has 59 valence electrons. The Labute approximate surface area is 64.5 Å². The Kier molecular flexibility index (Phi) is 1.68. The number of hydrogen-bond donors (Lipinski definition) is 1. The molecule has 1 aromatic heterocycles. The molecule has 1 aromatic rings. The molecule has 1 rings (SSSR count). The molecule has 0 aliphatic rings. The van der Waals surface area contributed by atoms with Crippen LogP contribution < -0.4 is 0 Å². The van der Waals surface area contributed by atoms with Gasteiger partial charge in [-0.1, -0.05) is 0 Å². The van der Waals surface area contributed by atoms with Crippen LogP contribution >= 0.6 is 0 Å². The first-order valence-corrected chi connectivity index (χ1v) is 3.20. The van der Waals surface area contributed by atoms with Crippen molar-refractivity contribution in [1.82, 2.24) is 9.78 Å². The predicted molar refractivity (Wildman–Crippen MR) is 38.0 cm³/mol. The number of aliphatic carboxylic acids is 1. The lowest BCUT2D eigenvalue weighted by Gasteiger charge is -2.19. The van der Waals surface area contributed by atoms with Crippen molar-refractivity contribution < 1.29 is 9.90 Å². The summed E-state index contributed by atoms with van der Waals surface area (Å²) in [4.78, 5) is 10.6. The molecule has 0 saturated carbocycles. The molecule has 0 saturated heterocycles. The van der Waals surface area contributed by atoms with E-state index >= 15 is 0 Å². The molecular formula is C7H9N2O2. The van der Waals surface area contributed by atoms with Crippen molar-refractivity contribution in [3.8, 4) is 0 Å². The van der Waals surface area contributed by atoms with Gasteiger partial charge in [-0.3, -0.25) is 4.68 Å². The van der Waals surface area contributed by atoms with Crippen LogP contribution in [0.3, 0.4) is 0 Å². The number of aromatic nitrogens is 2. The summed E-state index contributed by atoms with van der Waals surface area (Å²) in [6, 6.07) is 2.68. The van der Waals surface area contributed by atoms with Crippen LogP contribution in [-0.2, 0) is 10.3 Å². The molecule has 0 atom stereocenters. The second-order valence-electron chi connectivity index (χ2n) is 2.75. The molecule has 0 spiro atoms. The van der Waals surface area contributed by atoms with Crippen LogP contribution in [0.2, 0.25) is 0 Å². The number of rotatable bonds is 2. The number of carboxylic acids is 1. The van der Waals surface area contributed by atoms with Gasteiger partial charge in [-0.25, -0.2) is 4.79 Å². The van der Waals surface area contributed by atoms with E-state index in [1.54, 1.807) is 13.8 Å². The fourth-order valence-electron chi connectivity index (χ4n) is 0.637. The lowest BCUT2D eigenvalue weighted by molar-refractivity contribution is -0.146. The van der Waals surface area contributed by atoms with E-state index < -0.39 is 11.5 Å². The van der Waals surface area contributed by atoms with Gasteiger partial charge < -0.3 is 5.11 Å². The van der Waals surface area contributed by atoms with Crippen molar-refractivity contribution >= 4 is 5.97 Å². The smallest absolute Gasteiger partial charge is 0.331 e. The molecule has 1 heterocycles. The lowest BCUT2D eigenvalue weighted by Crippen LogP contribution is -2.35. The van der Waals surface area contributed by atoms with Gasteiger partial charge in [0.1, 0.15) is 0 Å². The molecule has 0 unspecified atom stereocenters. The van der Waals surface area contributed by atoms with Crippen molar-refractivity contribution in [3.05, 3.63) is 18.5 Å². The van der Waals surface area contributed by atoms with E-state index in [1.807, 2.05) is 0 Å². The van der Waals surface area contributed by atoms with Crippen LogP contribution in [0.5, 0.6) is 0 Å². The minimum atomic E-state index is -0.986. The zero-order chi connectivity index (χ0) is 8.48. The van der Waals surface area contributed by atoms with E-state index in [4.69, 9.17) is 5.11 Å².